The summed E-state index contributed by atoms with van der Waals surface area (Å²) in [6.07, 6.45) is 0. The van der Waals surface area contributed by atoms with Crippen molar-refractivity contribution in [1.29, 1.82) is 0 Å². The average molecular weight is 312 g/mol. The van der Waals surface area contributed by atoms with Crippen LogP contribution < -0.4 is 5.32 Å². The summed E-state index contributed by atoms with van der Waals surface area (Å²) in [4.78, 5) is 0. The molecule has 0 fully saturated rings. The molecule has 2 aromatic rings. The van der Waals surface area contributed by atoms with E-state index in [0.29, 0.717) is 5.56 Å². The maximum atomic E-state index is 14.0. The summed E-state index contributed by atoms with van der Waals surface area (Å²) < 4.78 is 20.3. The number of aryl methyl sites for hydroxylation is 2. The fraction of sp³-hybridized carbons (Fsp3) is 0.286. The minimum absolute atomic E-state index is 0.199. The summed E-state index contributed by atoms with van der Waals surface area (Å²) in [5.74, 6) is 1.41. The van der Waals surface area contributed by atoms with E-state index in [0.717, 1.165) is 21.6 Å². The minimum atomic E-state index is -0.234. The molecule has 4 heteroatoms. The molecule has 1 atom stereocenters. The van der Waals surface area contributed by atoms with Gasteiger partial charge in [0.1, 0.15) is 17.3 Å². The maximum absolute atomic E-state index is 14.0. The van der Waals surface area contributed by atoms with Crippen LogP contribution in [0.1, 0.15) is 28.7 Å². The first kappa shape index (κ1) is 13.3. The van der Waals surface area contributed by atoms with Gasteiger partial charge in [0.15, 0.2) is 0 Å². The quantitative estimate of drug-likeness (QED) is 0.923. The summed E-state index contributed by atoms with van der Waals surface area (Å²) in [5, 5.41) is 3.13. The van der Waals surface area contributed by atoms with E-state index in [4.69, 9.17) is 4.42 Å². The van der Waals surface area contributed by atoms with E-state index in [1.807, 2.05) is 33.0 Å². The number of hydrogen-bond donors (Lipinski definition) is 1. The third kappa shape index (κ3) is 2.49. The van der Waals surface area contributed by atoms with Crippen LogP contribution in [0.5, 0.6) is 0 Å². The summed E-state index contributed by atoms with van der Waals surface area (Å²) in [7, 11) is 1.81. The van der Waals surface area contributed by atoms with Crippen molar-refractivity contribution >= 4 is 15.9 Å². The maximum Gasteiger partial charge on any atom is 0.129 e. The molecule has 1 N–H and O–H groups in total. The van der Waals surface area contributed by atoms with Crippen molar-refractivity contribution in [3.05, 3.63) is 57.2 Å². The molecule has 0 amide bonds. The van der Waals surface area contributed by atoms with E-state index >= 15 is 0 Å². The smallest absolute Gasteiger partial charge is 0.129 e. The summed E-state index contributed by atoms with van der Waals surface area (Å²) >= 11 is 3.26. The molecule has 1 heterocycles. The van der Waals surface area contributed by atoms with Gasteiger partial charge in [-0.15, -0.1) is 0 Å². The highest BCUT2D eigenvalue weighted by molar-refractivity contribution is 9.10. The highest BCUT2D eigenvalue weighted by Crippen LogP contribution is 2.29. The van der Waals surface area contributed by atoms with Gasteiger partial charge in [0.25, 0.3) is 0 Å². The first-order chi connectivity index (χ1) is 8.52. The van der Waals surface area contributed by atoms with Crippen molar-refractivity contribution < 1.29 is 8.81 Å². The van der Waals surface area contributed by atoms with Crippen LogP contribution >= 0.6 is 15.9 Å². The largest absolute Gasteiger partial charge is 0.466 e. The molecule has 1 aromatic carbocycles. The second-order valence-corrected chi connectivity index (χ2v) is 5.17. The molecule has 0 saturated heterocycles. The molecular weight excluding hydrogens is 297 g/mol. The van der Waals surface area contributed by atoms with E-state index in [1.165, 1.54) is 6.07 Å². The number of furan rings is 1. The first-order valence-electron chi connectivity index (χ1n) is 5.72. The second-order valence-electron chi connectivity index (χ2n) is 4.26. The number of nitrogens with one attached hydrogen (secondary N) is 1. The zero-order valence-electron chi connectivity index (χ0n) is 10.6. The third-order valence-corrected chi connectivity index (χ3v) is 3.45. The van der Waals surface area contributed by atoms with Crippen molar-refractivity contribution in [2.45, 2.75) is 19.9 Å². The van der Waals surface area contributed by atoms with E-state index in [9.17, 15) is 4.39 Å². The molecule has 1 unspecified atom stereocenters. The predicted octanol–water partition coefficient (Wildman–Crippen LogP) is 4.11. The molecule has 0 aliphatic heterocycles. The van der Waals surface area contributed by atoms with Gasteiger partial charge in [-0.3, -0.25) is 0 Å². The number of hydrogen-bond acceptors (Lipinski definition) is 2. The lowest BCUT2D eigenvalue weighted by Crippen LogP contribution is -2.19. The Bertz CT molecular complexity index is 565. The predicted molar refractivity (Wildman–Crippen MR) is 73.2 cm³/mol. The average Bonchev–Trinajstić information content (AvgIpc) is 2.62. The van der Waals surface area contributed by atoms with Crippen LogP contribution in [0.3, 0.4) is 0 Å². The summed E-state index contributed by atoms with van der Waals surface area (Å²) in [5.41, 5.74) is 1.58. The minimum Gasteiger partial charge on any atom is -0.466 e. The van der Waals surface area contributed by atoms with Gasteiger partial charge in [-0.1, -0.05) is 22.0 Å². The molecule has 2 rings (SSSR count). The summed E-state index contributed by atoms with van der Waals surface area (Å²) in [6.45, 7) is 3.78. The second kappa shape index (κ2) is 5.24. The molecule has 0 radical (unpaired) electrons. The molecule has 1 aromatic heterocycles. The SMILES string of the molecule is CNC(c1ccc(Br)cc1F)c1cc(C)oc1C. The molecule has 18 heavy (non-hydrogen) atoms. The molecular formula is C14H15BrFNO. The molecule has 0 saturated carbocycles. The van der Waals surface area contributed by atoms with Crippen molar-refractivity contribution in [2.24, 2.45) is 0 Å². The van der Waals surface area contributed by atoms with Crippen LogP contribution in [0.25, 0.3) is 0 Å². The van der Waals surface area contributed by atoms with Gasteiger partial charge in [-0.25, -0.2) is 4.39 Å². The Morgan fingerprint density at radius 3 is 2.44 bits per heavy atom. The number of rotatable bonds is 3. The Kier molecular flexibility index (Phi) is 3.88. The van der Waals surface area contributed by atoms with Crippen LogP contribution in [0.4, 0.5) is 4.39 Å². The lowest BCUT2D eigenvalue weighted by molar-refractivity contribution is 0.495. The Morgan fingerprint density at radius 1 is 1.22 bits per heavy atom. The Labute approximate surface area is 114 Å². The fourth-order valence-electron chi connectivity index (χ4n) is 2.15. The normalized spacial score (nSPS) is 12.7. The number of benzene rings is 1. The van der Waals surface area contributed by atoms with Crippen molar-refractivity contribution in [3.63, 3.8) is 0 Å². The zero-order valence-corrected chi connectivity index (χ0v) is 12.1. The number of halogens is 2. The molecule has 2 nitrogen and oxygen atoms in total. The third-order valence-electron chi connectivity index (χ3n) is 2.95. The fourth-order valence-corrected chi connectivity index (χ4v) is 2.48. The molecule has 0 aliphatic carbocycles. The van der Waals surface area contributed by atoms with Gasteiger partial charge in [0.2, 0.25) is 0 Å². The molecule has 96 valence electrons. The Hall–Kier alpha value is -1.13. The van der Waals surface area contributed by atoms with Gasteiger partial charge in [-0.2, -0.15) is 0 Å². The van der Waals surface area contributed by atoms with Crippen molar-refractivity contribution in [2.75, 3.05) is 7.05 Å². The standard InChI is InChI=1S/C14H15BrFNO/c1-8-6-12(9(2)18-8)14(17-3)11-5-4-10(15)7-13(11)16/h4-7,14,17H,1-3H3. The Morgan fingerprint density at radius 2 is 1.94 bits per heavy atom. The first-order valence-corrected chi connectivity index (χ1v) is 6.51. The Balaban J connectivity index is 2.48. The monoisotopic (exact) mass is 311 g/mol. The molecule has 0 aliphatic rings. The van der Waals surface area contributed by atoms with E-state index < -0.39 is 0 Å². The van der Waals surface area contributed by atoms with Crippen LogP contribution in [0, 0.1) is 19.7 Å². The van der Waals surface area contributed by atoms with Crippen molar-refractivity contribution in [1.82, 2.24) is 5.32 Å². The van der Waals surface area contributed by atoms with Gasteiger partial charge < -0.3 is 9.73 Å². The zero-order chi connectivity index (χ0) is 13.3. The molecule has 0 bridgehead atoms. The molecule has 0 spiro atoms. The van der Waals surface area contributed by atoms with Gasteiger partial charge >= 0.3 is 0 Å². The van der Waals surface area contributed by atoms with Crippen LogP contribution in [0.2, 0.25) is 0 Å². The lowest BCUT2D eigenvalue weighted by Gasteiger charge is -2.17. The van der Waals surface area contributed by atoms with Gasteiger partial charge in [0, 0.05) is 15.6 Å². The highest BCUT2D eigenvalue weighted by atomic mass is 79.9. The van der Waals surface area contributed by atoms with Gasteiger partial charge in [-0.05, 0) is 39.1 Å². The van der Waals surface area contributed by atoms with Crippen LogP contribution in [-0.2, 0) is 0 Å². The highest BCUT2D eigenvalue weighted by Gasteiger charge is 2.20. The summed E-state index contributed by atoms with van der Waals surface area (Å²) in [6, 6.07) is 6.84. The van der Waals surface area contributed by atoms with Crippen LogP contribution in [-0.4, -0.2) is 7.05 Å². The van der Waals surface area contributed by atoms with E-state index in [-0.39, 0.29) is 11.9 Å². The van der Waals surface area contributed by atoms with Crippen LogP contribution in [0.15, 0.2) is 33.2 Å². The van der Waals surface area contributed by atoms with Crippen molar-refractivity contribution in [3.8, 4) is 0 Å². The topological polar surface area (TPSA) is 25.2 Å². The van der Waals surface area contributed by atoms with E-state index in [1.54, 1.807) is 6.07 Å². The van der Waals surface area contributed by atoms with E-state index in [2.05, 4.69) is 21.2 Å². The van der Waals surface area contributed by atoms with Gasteiger partial charge in [0.05, 0.1) is 6.04 Å². The lowest BCUT2D eigenvalue weighted by atomic mass is 9.98.